The van der Waals surface area contributed by atoms with Crippen LogP contribution in [0.25, 0.3) is 6.08 Å². The van der Waals surface area contributed by atoms with E-state index in [2.05, 4.69) is 27.9 Å². The highest BCUT2D eigenvalue weighted by Gasteiger charge is 2.36. The van der Waals surface area contributed by atoms with Gasteiger partial charge in [-0.15, -0.1) is 0 Å². The number of hydrogen-bond acceptors (Lipinski definition) is 5. The molecule has 0 saturated carbocycles. The first-order valence-electron chi connectivity index (χ1n) is 9.77. The van der Waals surface area contributed by atoms with E-state index >= 15 is 0 Å². The summed E-state index contributed by atoms with van der Waals surface area (Å²) in [5.41, 5.74) is 1.81. The third-order valence-electron chi connectivity index (χ3n) is 4.85. The Morgan fingerprint density at radius 2 is 1.84 bits per heavy atom. The maximum absolute atomic E-state index is 13.0. The summed E-state index contributed by atoms with van der Waals surface area (Å²) in [7, 11) is 1.53. The van der Waals surface area contributed by atoms with Crippen molar-refractivity contribution in [3.8, 4) is 11.5 Å². The zero-order valence-corrected chi connectivity index (χ0v) is 19.8. The number of methoxy groups -OCH3 is 1. The first kappa shape index (κ1) is 22.8. The quantitative estimate of drug-likeness (QED) is 0.337. The maximum Gasteiger partial charge on any atom is 0.335 e. The Balaban J connectivity index is 2.00. The van der Waals surface area contributed by atoms with Crippen LogP contribution in [0.4, 0.5) is 10.5 Å². The van der Waals surface area contributed by atoms with Crippen molar-refractivity contribution in [2.45, 2.75) is 33.3 Å². The summed E-state index contributed by atoms with van der Waals surface area (Å²) in [6, 6.07) is 9.61. The number of carbonyl (C=O) groups is 3. The summed E-state index contributed by atoms with van der Waals surface area (Å²) in [5, 5.41) is 2.23. The lowest BCUT2D eigenvalue weighted by Gasteiger charge is -2.26. The number of urea groups is 1. The van der Waals surface area contributed by atoms with E-state index in [-0.39, 0.29) is 11.7 Å². The molecular weight excluding hydrogens is 511 g/mol. The molecule has 0 spiro atoms. The molecule has 1 atom stereocenters. The fraction of sp³-hybridized carbons (Fsp3) is 0.261. The number of hydrogen-bond donors (Lipinski definition) is 1. The standard InChI is InChI=1S/C23H23IN2O5/c1-5-14(3)31-20-18(24)11-15(12-19(20)30-4)10-17-21(27)25-23(29)26(22(17)28)16-8-6-13(2)7-9-16/h6-12,14H,5H2,1-4H3,(H,25,27,29)/b17-10+/t14-/m1/s1. The second-order valence-corrected chi connectivity index (χ2v) is 8.33. The van der Waals surface area contributed by atoms with Crippen LogP contribution in [0.2, 0.25) is 0 Å². The third-order valence-corrected chi connectivity index (χ3v) is 5.65. The number of rotatable bonds is 6. The number of nitrogens with zero attached hydrogens (tertiary/aromatic N) is 1. The Morgan fingerprint density at radius 1 is 1.16 bits per heavy atom. The normalized spacial score (nSPS) is 16.4. The van der Waals surface area contributed by atoms with Crippen LogP contribution in [0, 0.1) is 10.5 Å². The average Bonchev–Trinajstić information content (AvgIpc) is 2.73. The minimum Gasteiger partial charge on any atom is -0.493 e. The lowest BCUT2D eigenvalue weighted by Crippen LogP contribution is -2.54. The van der Waals surface area contributed by atoms with Gasteiger partial charge in [0.2, 0.25) is 0 Å². The van der Waals surface area contributed by atoms with E-state index in [1.165, 1.54) is 13.2 Å². The van der Waals surface area contributed by atoms with Gasteiger partial charge in [-0.3, -0.25) is 14.9 Å². The molecule has 1 saturated heterocycles. The van der Waals surface area contributed by atoms with Crippen LogP contribution in [0.1, 0.15) is 31.4 Å². The van der Waals surface area contributed by atoms with Gasteiger partial charge in [0.1, 0.15) is 5.57 Å². The summed E-state index contributed by atoms with van der Waals surface area (Å²) in [6.07, 6.45) is 2.29. The summed E-state index contributed by atoms with van der Waals surface area (Å²) in [4.78, 5) is 38.8. The smallest absolute Gasteiger partial charge is 0.335 e. The molecule has 0 aromatic heterocycles. The minimum atomic E-state index is -0.777. The SMILES string of the molecule is CC[C@@H](C)Oc1c(I)cc(/C=C2\C(=O)NC(=O)N(c3ccc(C)cc3)C2=O)cc1OC. The van der Waals surface area contributed by atoms with Gasteiger partial charge >= 0.3 is 6.03 Å². The summed E-state index contributed by atoms with van der Waals surface area (Å²) in [6.45, 7) is 5.89. The van der Waals surface area contributed by atoms with Crippen molar-refractivity contribution in [1.29, 1.82) is 0 Å². The molecule has 1 heterocycles. The first-order valence-corrected chi connectivity index (χ1v) is 10.8. The van der Waals surface area contributed by atoms with Crippen LogP contribution >= 0.6 is 22.6 Å². The molecule has 162 valence electrons. The number of barbiturate groups is 1. The van der Waals surface area contributed by atoms with E-state index in [1.807, 2.05) is 20.8 Å². The molecule has 1 fully saturated rings. The topological polar surface area (TPSA) is 84.9 Å². The Kier molecular flexibility index (Phi) is 6.99. The lowest BCUT2D eigenvalue weighted by atomic mass is 10.1. The van der Waals surface area contributed by atoms with E-state index in [4.69, 9.17) is 9.47 Å². The van der Waals surface area contributed by atoms with Crippen LogP contribution in [0.3, 0.4) is 0 Å². The predicted octanol–water partition coefficient (Wildman–Crippen LogP) is 4.45. The van der Waals surface area contributed by atoms with Gasteiger partial charge in [-0.2, -0.15) is 0 Å². The number of halogens is 1. The molecule has 3 rings (SSSR count). The molecule has 0 aliphatic carbocycles. The van der Waals surface area contributed by atoms with Gasteiger partial charge < -0.3 is 9.47 Å². The summed E-state index contributed by atoms with van der Waals surface area (Å²) in [5.74, 6) is -0.330. The molecule has 0 bridgehead atoms. The van der Waals surface area contributed by atoms with Crippen LogP contribution in [-0.4, -0.2) is 31.1 Å². The maximum atomic E-state index is 13.0. The van der Waals surface area contributed by atoms with Gasteiger partial charge in [-0.05, 0) is 78.8 Å². The second kappa shape index (κ2) is 9.51. The molecule has 7 nitrogen and oxygen atoms in total. The van der Waals surface area contributed by atoms with Gasteiger partial charge in [-0.1, -0.05) is 24.6 Å². The molecule has 8 heteroatoms. The Hall–Kier alpha value is -2.88. The van der Waals surface area contributed by atoms with Gasteiger partial charge in [0.25, 0.3) is 11.8 Å². The lowest BCUT2D eigenvalue weighted by molar-refractivity contribution is -0.122. The molecule has 1 aliphatic heterocycles. The highest BCUT2D eigenvalue weighted by atomic mass is 127. The zero-order valence-electron chi connectivity index (χ0n) is 17.7. The van der Waals surface area contributed by atoms with Crippen molar-refractivity contribution in [3.63, 3.8) is 0 Å². The molecular formula is C23H23IN2O5. The van der Waals surface area contributed by atoms with E-state index in [1.54, 1.807) is 36.4 Å². The fourth-order valence-corrected chi connectivity index (χ4v) is 3.73. The van der Waals surface area contributed by atoms with E-state index in [0.29, 0.717) is 22.7 Å². The van der Waals surface area contributed by atoms with Crippen LogP contribution < -0.4 is 19.7 Å². The average molecular weight is 534 g/mol. The number of carbonyl (C=O) groups excluding carboxylic acids is 3. The largest absolute Gasteiger partial charge is 0.493 e. The number of anilines is 1. The second-order valence-electron chi connectivity index (χ2n) is 7.16. The van der Waals surface area contributed by atoms with Crippen LogP contribution in [-0.2, 0) is 9.59 Å². The molecule has 1 N–H and O–H groups in total. The molecule has 31 heavy (non-hydrogen) atoms. The highest BCUT2D eigenvalue weighted by Crippen LogP contribution is 2.36. The molecule has 0 unspecified atom stereocenters. The van der Waals surface area contributed by atoms with Crippen LogP contribution in [0.15, 0.2) is 42.0 Å². The van der Waals surface area contributed by atoms with E-state index in [9.17, 15) is 14.4 Å². The first-order chi connectivity index (χ1) is 14.7. The Bertz CT molecular complexity index is 1060. The van der Waals surface area contributed by atoms with Gasteiger partial charge in [-0.25, -0.2) is 9.69 Å². The van der Waals surface area contributed by atoms with Gasteiger partial charge in [0.05, 0.1) is 22.5 Å². The number of imide groups is 2. The number of nitrogens with one attached hydrogen (secondary N) is 1. The number of aryl methyl sites for hydroxylation is 1. The Morgan fingerprint density at radius 3 is 2.45 bits per heavy atom. The van der Waals surface area contributed by atoms with Gasteiger partial charge in [0.15, 0.2) is 11.5 Å². The summed E-state index contributed by atoms with van der Waals surface area (Å²) >= 11 is 2.12. The molecule has 4 amide bonds. The highest BCUT2D eigenvalue weighted by molar-refractivity contribution is 14.1. The summed E-state index contributed by atoms with van der Waals surface area (Å²) < 4.78 is 12.2. The van der Waals surface area contributed by atoms with Crippen molar-refractivity contribution in [1.82, 2.24) is 5.32 Å². The van der Waals surface area contributed by atoms with Crippen molar-refractivity contribution in [3.05, 3.63) is 56.7 Å². The van der Waals surface area contributed by atoms with Crippen molar-refractivity contribution < 1.29 is 23.9 Å². The number of amides is 4. The monoisotopic (exact) mass is 534 g/mol. The fourth-order valence-electron chi connectivity index (χ4n) is 2.97. The number of ether oxygens (including phenoxy) is 2. The minimum absolute atomic E-state index is 0.00593. The Labute approximate surface area is 194 Å². The van der Waals surface area contributed by atoms with E-state index in [0.717, 1.165) is 20.5 Å². The molecule has 0 radical (unpaired) electrons. The predicted molar refractivity (Wildman–Crippen MR) is 126 cm³/mol. The van der Waals surface area contributed by atoms with Crippen molar-refractivity contribution in [2.24, 2.45) is 0 Å². The molecule has 2 aromatic carbocycles. The van der Waals surface area contributed by atoms with Crippen molar-refractivity contribution >= 4 is 52.2 Å². The third kappa shape index (κ3) is 4.90. The van der Waals surface area contributed by atoms with Crippen LogP contribution in [0.5, 0.6) is 11.5 Å². The zero-order chi connectivity index (χ0) is 22.7. The van der Waals surface area contributed by atoms with Gasteiger partial charge in [0, 0.05) is 0 Å². The van der Waals surface area contributed by atoms with Crippen molar-refractivity contribution in [2.75, 3.05) is 12.0 Å². The number of benzene rings is 2. The molecule has 2 aromatic rings. The molecule has 1 aliphatic rings. The van der Waals surface area contributed by atoms with E-state index < -0.39 is 17.8 Å².